The van der Waals surface area contributed by atoms with E-state index in [0.717, 1.165) is 34.8 Å². The molecule has 1 aromatic heterocycles. The molecule has 29 heavy (non-hydrogen) atoms. The van der Waals surface area contributed by atoms with Crippen LogP contribution in [0.25, 0.3) is 0 Å². The van der Waals surface area contributed by atoms with Crippen molar-refractivity contribution < 1.29 is 14.1 Å². The number of ether oxygens (including phenoxy) is 1. The fraction of sp³-hybridized carbons (Fsp3) is 0.333. The molecule has 0 bridgehead atoms. The summed E-state index contributed by atoms with van der Waals surface area (Å²) >= 11 is 0. The highest BCUT2D eigenvalue weighted by Gasteiger charge is 2.12. The highest BCUT2D eigenvalue weighted by molar-refractivity contribution is 5.78. The number of rotatable bonds is 9. The average molecular weight is 392 g/mol. The van der Waals surface area contributed by atoms with Gasteiger partial charge in [-0.25, -0.2) is 0 Å². The zero-order chi connectivity index (χ0) is 20.6. The van der Waals surface area contributed by atoms with E-state index in [2.05, 4.69) is 29.5 Å². The van der Waals surface area contributed by atoms with Crippen LogP contribution in [-0.2, 0) is 17.8 Å². The van der Waals surface area contributed by atoms with Crippen LogP contribution in [0.15, 0.2) is 59.1 Å². The first-order valence-electron chi connectivity index (χ1n) is 10.0. The summed E-state index contributed by atoms with van der Waals surface area (Å²) in [5.41, 5.74) is 4.03. The monoisotopic (exact) mass is 392 g/mol. The van der Waals surface area contributed by atoms with Gasteiger partial charge in [-0.2, -0.15) is 0 Å². The van der Waals surface area contributed by atoms with Crippen LogP contribution < -0.4 is 10.1 Å². The molecule has 152 valence electrons. The molecule has 1 heterocycles. The molecule has 0 aliphatic rings. The first kappa shape index (κ1) is 20.6. The Kier molecular flexibility index (Phi) is 7.06. The van der Waals surface area contributed by atoms with Crippen molar-refractivity contribution in [2.24, 2.45) is 0 Å². The summed E-state index contributed by atoms with van der Waals surface area (Å²) in [5, 5.41) is 6.99. The van der Waals surface area contributed by atoms with Crippen LogP contribution in [0.5, 0.6) is 5.75 Å². The average Bonchev–Trinajstić information content (AvgIpc) is 3.06. The Labute approximate surface area is 172 Å². The second kappa shape index (κ2) is 9.92. The molecule has 2 aromatic carbocycles. The fourth-order valence-electron chi connectivity index (χ4n) is 3.28. The van der Waals surface area contributed by atoms with Gasteiger partial charge in [0.15, 0.2) is 0 Å². The second-order valence-electron chi connectivity index (χ2n) is 7.23. The molecular formula is C24H28N2O3. The van der Waals surface area contributed by atoms with E-state index in [-0.39, 0.29) is 5.91 Å². The molecule has 0 radical (unpaired) electrons. The summed E-state index contributed by atoms with van der Waals surface area (Å²) in [6.45, 7) is 6.99. The standard InChI is InChI=1S/C24H28N2O3/c1-4-20(21-8-6-5-7-9-21)15-25-24(27)14-19-10-12-22(13-11-19)28-16-23-17(2)26-29-18(23)3/h5-13,20H,4,14-16H2,1-3H3,(H,25,27). The Morgan fingerprint density at radius 3 is 2.45 bits per heavy atom. The first-order valence-corrected chi connectivity index (χ1v) is 10.0. The summed E-state index contributed by atoms with van der Waals surface area (Å²) in [4.78, 5) is 12.3. The van der Waals surface area contributed by atoms with Gasteiger partial charge in [-0.15, -0.1) is 0 Å². The van der Waals surface area contributed by atoms with E-state index in [4.69, 9.17) is 9.26 Å². The van der Waals surface area contributed by atoms with Crippen molar-refractivity contribution in [3.05, 3.63) is 82.7 Å². The highest BCUT2D eigenvalue weighted by Crippen LogP contribution is 2.19. The normalized spacial score (nSPS) is 11.8. The van der Waals surface area contributed by atoms with Gasteiger partial charge in [-0.1, -0.05) is 54.5 Å². The number of amides is 1. The van der Waals surface area contributed by atoms with Crippen molar-refractivity contribution in [3.63, 3.8) is 0 Å². The summed E-state index contributed by atoms with van der Waals surface area (Å²) < 4.78 is 11.0. The van der Waals surface area contributed by atoms with Gasteiger partial charge < -0.3 is 14.6 Å². The lowest BCUT2D eigenvalue weighted by Gasteiger charge is -2.16. The van der Waals surface area contributed by atoms with Crippen molar-refractivity contribution >= 4 is 5.91 Å². The molecular weight excluding hydrogens is 364 g/mol. The van der Waals surface area contributed by atoms with E-state index in [1.165, 1.54) is 5.56 Å². The maximum Gasteiger partial charge on any atom is 0.224 e. The predicted molar refractivity (Wildman–Crippen MR) is 113 cm³/mol. The number of carbonyl (C=O) groups is 1. The zero-order valence-corrected chi connectivity index (χ0v) is 17.3. The molecule has 0 saturated heterocycles. The van der Waals surface area contributed by atoms with E-state index in [9.17, 15) is 4.79 Å². The molecule has 0 aliphatic heterocycles. The highest BCUT2D eigenvalue weighted by atomic mass is 16.5. The molecule has 5 nitrogen and oxygen atoms in total. The van der Waals surface area contributed by atoms with Gasteiger partial charge in [-0.05, 0) is 43.5 Å². The third-order valence-corrected chi connectivity index (χ3v) is 5.16. The summed E-state index contributed by atoms with van der Waals surface area (Å²) in [6.07, 6.45) is 1.34. The van der Waals surface area contributed by atoms with Crippen LogP contribution in [0.4, 0.5) is 0 Å². The molecule has 1 N–H and O–H groups in total. The lowest BCUT2D eigenvalue weighted by molar-refractivity contribution is -0.120. The van der Waals surface area contributed by atoms with Gasteiger partial charge in [0.05, 0.1) is 17.7 Å². The van der Waals surface area contributed by atoms with E-state index in [1.807, 2.05) is 56.3 Å². The number of aromatic nitrogens is 1. The summed E-state index contributed by atoms with van der Waals surface area (Å²) in [6, 6.07) is 17.9. The Morgan fingerprint density at radius 1 is 1.10 bits per heavy atom. The summed E-state index contributed by atoms with van der Waals surface area (Å²) in [7, 11) is 0. The first-order chi connectivity index (χ1) is 14.1. The smallest absolute Gasteiger partial charge is 0.224 e. The van der Waals surface area contributed by atoms with Crippen LogP contribution in [0.2, 0.25) is 0 Å². The molecule has 3 aromatic rings. The van der Waals surface area contributed by atoms with Crippen LogP contribution in [0, 0.1) is 13.8 Å². The number of benzene rings is 2. The van der Waals surface area contributed by atoms with E-state index < -0.39 is 0 Å². The minimum absolute atomic E-state index is 0.0313. The largest absolute Gasteiger partial charge is 0.489 e. The predicted octanol–water partition coefficient (Wildman–Crippen LogP) is 4.72. The van der Waals surface area contributed by atoms with E-state index in [1.54, 1.807) is 0 Å². The quantitative estimate of drug-likeness (QED) is 0.572. The SMILES string of the molecule is CCC(CNC(=O)Cc1ccc(OCc2c(C)noc2C)cc1)c1ccccc1. The number of hydrogen-bond acceptors (Lipinski definition) is 4. The van der Waals surface area contributed by atoms with Gasteiger partial charge in [0.1, 0.15) is 18.1 Å². The Bertz CT molecular complexity index is 898. The Hall–Kier alpha value is -3.08. The lowest BCUT2D eigenvalue weighted by atomic mass is 9.96. The zero-order valence-electron chi connectivity index (χ0n) is 17.3. The van der Waals surface area contributed by atoms with E-state index in [0.29, 0.717) is 25.5 Å². The molecule has 1 amide bonds. The van der Waals surface area contributed by atoms with Crippen LogP contribution in [0.3, 0.4) is 0 Å². The van der Waals surface area contributed by atoms with Crippen molar-refractivity contribution in [3.8, 4) is 5.75 Å². The van der Waals surface area contributed by atoms with Gasteiger partial charge >= 0.3 is 0 Å². The van der Waals surface area contributed by atoms with E-state index >= 15 is 0 Å². The van der Waals surface area contributed by atoms with Crippen LogP contribution in [-0.4, -0.2) is 17.6 Å². The molecule has 1 atom stereocenters. The minimum Gasteiger partial charge on any atom is -0.489 e. The molecule has 0 saturated carbocycles. The molecule has 1 unspecified atom stereocenters. The number of nitrogens with one attached hydrogen (secondary N) is 1. The van der Waals surface area contributed by atoms with Crippen molar-refractivity contribution in [2.45, 2.75) is 46.1 Å². The number of nitrogens with zero attached hydrogens (tertiary/aromatic N) is 1. The van der Waals surface area contributed by atoms with Crippen molar-refractivity contribution in [2.75, 3.05) is 6.54 Å². The number of carbonyl (C=O) groups excluding carboxylic acids is 1. The van der Waals surface area contributed by atoms with Crippen molar-refractivity contribution in [1.82, 2.24) is 10.5 Å². The molecule has 3 rings (SSSR count). The molecule has 0 aliphatic carbocycles. The van der Waals surface area contributed by atoms with Gasteiger partial charge in [0, 0.05) is 12.5 Å². The maximum absolute atomic E-state index is 12.3. The Morgan fingerprint density at radius 2 is 1.83 bits per heavy atom. The van der Waals surface area contributed by atoms with Gasteiger partial charge in [0.2, 0.25) is 5.91 Å². The van der Waals surface area contributed by atoms with Gasteiger partial charge in [0.25, 0.3) is 0 Å². The van der Waals surface area contributed by atoms with Crippen LogP contribution in [0.1, 0.15) is 47.4 Å². The van der Waals surface area contributed by atoms with Gasteiger partial charge in [-0.3, -0.25) is 4.79 Å². The fourth-order valence-corrected chi connectivity index (χ4v) is 3.28. The third-order valence-electron chi connectivity index (χ3n) is 5.16. The summed E-state index contributed by atoms with van der Waals surface area (Å²) in [5.74, 6) is 1.89. The van der Waals surface area contributed by atoms with Crippen LogP contribution >= 0.6 is 0 Å². The number of hydrogen-bond donors (Lipinski definition) is 1. The Balaban J connectivity index is 1.48. The molecule has 0 spiro atoms. The lowest BCUT2D eigenvalue weighted by Crippen LogP contribution is -2.29. The number of aryl methyl sites for hydroxylation is 2. The third kappa shape index (κ3) is 5.70. The maximum atomic E-state index is 12.3. The molecule has 5 heteroatoms. The minimum atomic E-state index is 0.0313. The topological polar surface area (TPSA) is 64.4 Å². The van der Waals surface area contributed by atoms with Crippen molar-refractivity contribution in [1.29, 1.82) is 0 Å². The second-order valence-corrected chi connectivity index (χ2v) is 7.23. The molecule has 0 fully saturated rings.